The average Bonchev–Trinajstić information content (AvgIpc) is 2.96. The Morgan fingerprint density at radius 1 is 1.19 bits per heavy atom. The SMILES string of the molecule is Cc1noc(C)c1CN1CCC(Cn2nc3c(cc2=O)CCCC3)CC1. The Balaban J connectivity index is 1.36. The van der Waals surface area contributed by atoms with Gasteiger partial charge in [0.2, 0.25) is 0 Å². The fourth-order valence-electron chi connectivity index (χ4n) is 4.25. The van der Waals surface area contributed by atoms with Gasteiger partial charge in [-0.1, -0.05) is 5.16 Å². The first kappa shape index (κ1) is 17.5. The summed E-state index contributed by atoms with van der Waals surface area (Å²) in [6.07, 6.45) is 6.62. The molecule has 1 fully saturated rings. The van der Waals surface area contributed by atoms with Crippen molar-refractivity contribution in [2.75, 3.05) is 13.1 Å². The van der Waals surface area contributed by atoms with Gasteiger partial charge >= 0.3 is 0 Å². The van der Waals surface area contributed by atoms with Crippen molar-refractivity contribution in [1.29, 1.82) is 0 Å². The van der Waals surface area contributed by atoms with Crippen molar-refractivity contribution < 1.29 is 4.52 Å². The molecule has 6 heteroatoms. The summed E-state index contributed by atoms with van der Waals surface area (Å²) >= 11 is 0. The van der Waals surface area contributed by atoms with Crippen LogP contribution in [0.25, 0.3) is 0 Å². The maximum absolute atomic E-state index is 12.4. The topological polar surface area (TPSA) is 64.2 Å². The van der Waals surface area contributed by atoms with Crippen molar-refractivity contribution in [2.24, 2.45) is 5.92 Å². The van der Waals surface area contributed by atoms with Gasteiger partial charge in [0.15, 0.2) is 0 Å². The number of hydrogen-bond acceptors (Lipinski definition) is 5. The highest BCUT2D eigenvalue weighted by atomic mass is 16.5. The molecule has 0 radical (unpaired) electrons. The van der Waals surface area contributed by atoms with Gasteiger partial charge in [-0.25, -0.2) is 4.68 Å². The molecule has 4 rings (SSSR count). The zero-order chi connectivity index (χ0) is 18.1. The number of aromatic nitrogens is 3. The van der Waals surface area contributed by atoms with Crippen molar-refractivity contribution >= 4 is 0 Å². The van der Waals surface area contributed by atoms with Crippen molar-refractivity contribution in [3.05, 3.63) is 44.7 Å². The molecule has 0 aromatic carbocycles. The average molecular weight is 356 g/mol. The smallest absolute Gasteiger partial charge is 0.267 e. The molecule has 0 spiro atoms. The van der Waals surface area contributed by atoms with Gasteiger partial charge in [-0.05, 0) is 76.9 Å². The number of nitrogens with zero attached hydrogens (tertiary/aromatic N) is 4. The molecule has 1 aliphatic carbocycles. The molecule has 0 amide bonds. The van der Waals surface area contributed by atoms with Crippen LogP contribution in [-0.4, -0.2) is 32.9 Å². The molecule has 6 nitrogen and oxygen atoms in total. The Kier molecular flexibility index (Phi) is 4.94. The van der Waals surface area contributed by atoms with E-state index in [1.165, 1.54) is 24.0 Å². The van der Waals surface area contributed by atoms with Gasteiger partial charge in [-0.3, -0.25) is 9.69 Å². The number of hydrogen-bond donors (Lipinski definition) is 0. The minimum Gasteiger partial charge on any atom is -0.361 e. The van der Waals surface area contributed by atoms with Crippen molar-refractivity contribution in [3.8, 4) is 0 Å². The molecule has 140 valence electrons. The third-order valence-electron chi connectivity index (χ3n) is 5.98. The third-order valence-corrected chi connectivity index (χ3v) is 5.98. The minimum absolute atomic E-state index is 0.0730. The van der Waals surface area contributed by atoms with Gasteiger partial charge in [-0.2, -0.15) is 5.10 Å². The fourth-order valence-corrected chi connectivity index (χ4v) is 4.25. The molecule has 1 saturated heterocycles. The number of aryl methyl sites for hydroxylation is 4. The zero-order valence-corrected chi connectivity index (χ0v) is 15.8. The molecule has 0 saturated carbocycles. The van der Waals surface area contributed by atoms with Crippen LogP contribution in [0.2, 0.25) is 0 Å². The van der Waals surface area contributed by atoms with Crippen LogP contribution in [0.3, 0.4) is 0 Å². The predicted octanol–water partition coefficient (Wildman–Crippen LogP) is 2.64. The van der Waals surface area contributed by atoms with Crippen molar-refractivity contribution in [2.45, 2.75) is 65.5 Å². The molecule has 2 aromatic rings. The molecule has 1 aliphatic heterocycles. The summed E-state index contributed by atoms with van der Waals surface area (Å²) < 4.78 is 6.99. The van der Waals surface area contributed by atoms with Crippen LogP contribution < -0.4 is 5.56 Å². The second-order valence-corrected chi connectivity index (χ2v) is 7.87. The van der Waals surface area contributed by atoms with Crippen LogP contribution in [0.4, 0.5) is 0 Å². The highest BCUT2D eigenvalue weighted by Crippen LogP contribution is 2.23. The zero-order valence-electron chi connectivity index (χ0n) is 15.8. The second kappa shape index (κ2) is 7.35. The maximum Gasteiger partial charge on any atom is 0.267 e. The van der Waals surface area contributed by atoms with Crippen LogP contribution in [0.15, 0.2) is 15.4 Å². The summed E-state index contributed by atoms with van der Waals surface area (Å²) in [6.45, 7) is 7.75. The monoisotopic (exact) mass is 356 g/mol. The molecule has 26 heavy (non-hydrogen) atoms. The van der Waals surface area contributed by atoms with E-state index >= 15 is 0 Å². The van der Waals surface area contributed by atoms with Gasteiger partial charge in [0.25, 0.3) is 5.56 Å². The van der Waals surface area contributed by atoms with Crippen LogP contribution >= 0.6 is 0 Å². The number of fused-ring (bicyclic) bond motifs is 1. The Bertz CT molecular complexity index is 811. The molecular weight excluding hydrogens is 328 g/mol. The molecule has 3 heterocycles. The van der Waals surface area contributed by atoms with E-state index in [1.54, 1.807) is 4.68 Å². The van der Waals surface area contributed by atoms with Gasteiger partial charge in [0, 0.05) is 24.7 Å². The summed E-state index contributed by atoms with van der Waals surface area (Å²) in [7, 11) is 0. The first-order valence-corrected chi connectivity index (χ1v) is 9.84. The Labute approximate surface area is 154 Å². The lowest BCUT2D eigenvalue weighted by Gasteiger charge is -2.32. The first-order valence-electron chi connectivity index (χ1n) is 9.84. The lowest BCUT2D eigenvalue weighted by molar-refractivity contribution is 0.162. The van der Waals surface area contributed by atoms with Crippen LogP contribution in [0, 0.1) is 19.8 Å². The Morgan fingerprint density at radius 3 is 2.69 bits per heavy atom. The summed E-state index contributed by atoms with van der Waals surface area (Å²) in [5.74, 6) is 1.46. The molecular formula is C20H28N4O2. The lowest BCUT2D eigenvalue weighted by atomic mass is 9.95. The predicted molar refractivity (Wildman–Crippen MR) is 99.1 cm³/mol. The largest absolute Gasteiger partial charge is 0.361 e. The highest BCUT2D eigenvalue weighted by molar-refractivity contribution is 5.21. The molecule has 0 bridgehead atoms. The van der Waals surface area contributed by atoms with E-state index in [0.29, 0.717) is 5.92 Å². The van der Waals surface area contributed by atoms with Gasteiger partial charge in [-0.15, -0.1) is 0 Å². The van der Waals surface area contributed by atoms with Gasteiger partial charge in [0.05, 0.1) is 11.4 Å². The standard InChI is InChI=1S/C20H28N4O2/c1-14-18(15(2)26-22-14)13-23-9-7-16(8-10-23)12-24-20(25)11-17-5-3-4-6-19(17)21-24/h11,16H,3-10,12-13H2,1-2H3. The number of likely N-dealkylation sites (tertiary alicyclic amines) is 1. The van der Waals surface area contributed by atoms with Crippen LogP contribution in [-0.2, 0) is 25.9 Å². The third kappa shape index (κ3) is 3.61. The van der Waals surface area contributed by atoms with E-state index in [-0.39, 0.29) is 5.56 Å². The molecule has 0 N–H and O–H groups in total. The van der Waals surface area contributed by atoms with Crippen molar-refractivity contribution in [1.82, 2.24) is 19.8 Å². The van der Waals surface area contributed by atoms with Crippen molar-refractivity contribution in [3.63, 3.8) is 0 Å². The maximum atomic E-state index is 12.4. The molecule has 0 unspecified atom stereocenters. The summed E-state index contributed by atoms with van der Waals surface area (Å²) in [4.78, 5) is 14.9. The Hall–Kier alpha value is -1.95. The van der Waals surface area contributed by atoms with E-state index in [0.717, 1.165) is 69.0 Å². The normalized spacial score (nSPS) is 18.8. The van der Waals surface area contributed by atoms with Gasteiger partial charge < -0.3 is 4.52 Å². The molecule has 2 aromatic heterocycles. The van der Waals surface area contributed by atoms with E-state index in [4.69, 9.17) is 4.52 Å². The minimum atomic E-state index is 0.0730. The van der Waals surface area contributed by atoms with E-state index in [9.17, 15) is 4.79 Å². The molecule has 0 atom stereocenters. The quantitative estimate of drug-likeness (QED) is 0.843. The summed E-state index contributed by atoms with van der Waals surface area (Å²) in [6, 6.07) is 1.83. The highest BCUT2D eigenvalue weighted by Gasteiger charge is 2.23. The molecule has 2 aliphatic rings. The Morgan fingerprint density at radius 2 is 1.96 bits per heavy atom. The van der Waals surface area contributed by atoms with E-state index < -0.39 is 0 Å². The van der Waals surface area contributed by atoms with Crippen LogP contribution in [0.1, 0.15) is 54.0 Å². The van der Waals surface area contributed by atoms with Crippen LogP contribution in [0.5, 0.6) is 0 Å². The number of rotatable bonds is 4. The first-order chi connectivity index (χ1) is 12.6. The fraction of sp³-hybridized carbons (Fsp3) is 0.650. The summed E-state index contributed by atoms with van der Waals surface area (Å²) in [5, 5.41) is 8.73. The summed E-state index contributed by atoms with van der Waals surface area (Å²) in [5.41, 5.74) is 4.60. The van der Waals surface area contributed by atoms with E-state index in [1.807, 2.05) is 19.9 Å². The number of piperidine rings is 1. The van der Waals surface area contributed by atoms with E-state index in [2.05, 4.69) is 15.2 Å². The second-order valence-electron chi connectivity index (χ2n) is 7.87. The van der Waals surface area contributed by atoms with Gasteiger partial charge in [0.1, 0.15) is 5.76 Å². The lowest BCUT2D eigenvalue weighted by Crippen LogP contribution is -2.37.